The van der Waals surface area contributed by atoms with Crippen LogP contribution in [0.15, 0.2) is 59.3 Å². The largest absolute Gasteiger partial charge is 0.390 e. The molecule has 0 saturated carbocycles. The number of urea groups is 1. The van der Waals surface area contributed by atoms with E-state index in [4.69, 9.17) is 0 Å². The van der Waals surface area contributed by atoms with Crippen molar-refractivity contribution in [3.63, 3.8) is 0 Å². The molecule has 0 fully saturated rings. The number of halogens is 2. The first-order chi connectivity index (χ1) is 18.3. The Labute approximate surface area is 225 Å². The maximum absolute atomic E-state index is 13.8. The van der Waals surface area contributed by atoms with Gasteiger partial charge < -0.3 is 26.4 Å². The number of carbonyl (C=O) groups is 2. The Bertz CT molecular complexity index is 1170. The van der Waals surface area contributed by atoms with Gasteiger partial charge in [0.15, 0.2) is 0 Å². The van der Waals surface area contributed by atoms with Gasteiger partial charge in [-0.05, 0) is 64.1 Å². The molecule has 204 valence electrons. The second kappa shape index (κ2) is 14.6. The summed E-state index contributed by atoms with van der Waals surface area (Å²) >= 11 is 1.44. The first-order valence-corrected chi connectivity index (χ1v) is 13.4. The van der Waals surface area contributed by atoms with Crippen molar-refractivity contribution in [2.45, 2.75) is 50.9 Å². The van der Waals surface area contributed by atoms with Crippen LogP contribution in [0.3, 0.4) is 0 Å². The lowest BCUT2D eigenvalue weighted by atomic mass is 9.99. The number of carbonyl (C=O) groups excluding carboxylic acids is 2. The molecule has 0 radical (unpaired) electrons. The quantitative estimate of drug-likeness (QED) is 0.226. The maximum atomic E-state index is 13.8. The molecule has 5 N–H and O–H groups in total. The number of thiophene rings is 1. The molecular formula is C28H34F2N4O3S. The zero-order chi connectivity index (χ0) is 27.5. The summed E-state index contributed by atoms with van der Waals surface area (Å²) in [6.07, 6.45) is -0.204. The zero-order valence-electron chi connectivity index (χ0n) is 21.5. The van der Waals surface area contributed by atoms with Crippen LogP contribution in [0.4, 0.5) is 13.6 Å². The molecule has 0 aliphatic heterocycles. The topological polar surface area (TPSA) is 102 Å². The third kappa shape index (κ3) is 9.20. The summed E-state index contributed by atoms with van der Waals surface area (Å²) in [7, 11) is 1.48. The number of amides is 3. The zero-order valence-corrected chi connectivity index (χ0v) is 22.3. The van der Waals surface area contributed by atoms with Crippen molar-refractivity contribution in [1.29, 1.82) is 0 Å². The van der Waals surface area contributed by atoms with Crippen molar-refractivity contribution in [2.75, 3.05) is 13.6 Å². The molecule has 0 saturated heterocycles. The standard InChI is InChI=1S/C28H34F2N4O3S/c1-3-18-5-4-6-19(9-18)15-32-16-26(35)25(12-20-10-22(29)13-23(30)11-20)33-27(36)14-24(34-28(37)31-2)21-7-8-38-17-21/h4-11,13,17,24-26,32,35H,3,12,14-16H2,1-2H3,(H,33,36)(H2,31,34,37)/t24?,25-,26+/m0/s1. The van der Waals surface area contributed by atoms with Crippen molar-refractivity contribution >= 4 is 23.3 Å². The van der Waals surface area contributed by atoms with Gasteiger partial charge in [-0.15, -0.1) is 0 Å². The summed E-state index contributed by atoms with van der Waals surface area (Å²) in [4.78, 5) is 25.0. The van der Waals surface area contributed by atoms with Gasteiger partial charge in [0.05, 0.1) is 24.6 Å². The monoisotopic (exact) mass is 544 g/mol. The van der Waals surface area contributed by atoms with Gasteiger partial charge in [-0.1, -0.05) is 31.2 Å². The lowest BCUT2D eigenvalue weighted by Crippen LogP contribution is -2.49. The van der Waals surface area contributed by atoms with E-state index in [-0.39, 0.29) is 19.4 Å². The molecule has 38 heavy (non-hydrogen) atoms. The van der Waals surface area contributed by atoms with Gasteiger partial charge in [-0.2, -0.15) is 11.3 Å². The van der Waals surface area contributed by atoms with Gasteiger partial charge in [-0.25, -0.2) is 13.6 Å². The Morgan fingerprint density at radius 2 is 1.74 bits per heavy atom. The van der Waals surface area contributed by atoms with Crippen LogP contribution >= 0.6 is 11.3 Å². The molecular weight excluding hydrogens is 510 g/mol. The van der Waals surface area contributed by atoms with Gasteiger partial charge in [0.2, 0.25) is 5.91 Å². The number of aliphatic hydroxyl groups is 1. The van der Waals surface area contributed by atoms with Crippen molar-refractivity contribution in [1.82, 2.24) is 21.3 Å². The van der Waals surface area contributed by atoms with Gasteiger partial charge >= 0.3 is 6.03 Å². The van der Waals surface area contributed by atoms with E-state index in [0.29, 0.717) is 12.1 Å². The fraction of sp³-hybridized carbons (Fsp3) is 0.357. The van der Waals surface area contributed by atoms with Crippen LogP contribution in [0.1, 0.15) is 41.6 Å². The number of rotatable bonds is 13. The van der Waals surface area contributed by atoms with E-state index in [2.05, 4.69) is 34.3 Å². The second-order valence-electron chi connectivity index (χ2n) is 9.06. The van der Waals surface area contributed by atoms with Crippen molar-refractivity contribution in [3.05, 3.63) is 93.2 Å². The second-order valence-corrected chi connectivity index (χ2v) is 9.84. The van der Waals surface area contributed by atoms with Crippen LogP contribution in [-0.2, 0) is 24.2 Å². The highest BCUT2D eigenvalue weighted by atomic mass is 32.1. The fourth-order valence-electron chi connectivity index (χ4n) is 4.14. The molecule has 0 spiro atoms. The number of nitrogens with one attached hydrogen (secondary N) is 4. The highest BCUT2D eigenvalue weighted by Crippen LogP contribution is 2.20. The third-order valence-corrected chi connectivity index (χ3v) is 6.84. The smallest absolute Gasteiger partial charge is 0.315 e. The minimum absolute atomic E-state index is 0.0145. The number of hydrogen-bond acceptors (Lipinski definition) is 5. The number of aryl methyl sites for hydroxylation is 1. The minimum Gasteiger partial charge on any atom is -0.390 e. The Hall–Kier alpha value is -3.34. The molecule has 7 nitrogen and oxygen atoms in total. The van der Waals surface area contributed by atoms with E-state index in [9.17, 15) is 23.5 Å². The summed E-state index contributed by atoms with van der Waals surface area (Å²) in [5, 5.41) is 25.9. The van der Waals surface area contributed by atoms with Crippen LogP contribution in [0.2, 0.25) is 0 Å². The first kappa shape index (κ1) is 29.2. The van der Waals surface area contributed by atoms with E-state index in [1.165, 1.54) is 36.1 Å². The van der Waals surface area contributed by atoms with Crippen LogP contribution in [-0.4, -0.2) is 42.8 Å². The molecule has 0 aliphatic carbocycles. The van der Waals surface area contributed by atoms with E-state index < -0.39 is 41.8 Å². The van der Waals surface area contributed by atoms with Gasteiger partial charge in [0.25, 0.3) is 0 Å². The summed E-state index contributed by atoms with van der Waals surface area (Å²) in [6.45, 7) is 2.73. The summed E-state index contributed by atoms with van der Waals surface area (Å²) in [6, 6.07) is 11.2. The van der Waals surface area contributed by atoms with Gasteiger partial charge in [0.1, 0.15) is 11.6 Å². The van der Waals surface area contributed by atoms with E-state index in [0.717, 1.165) is 23.6 Å². The number of aliphatic hydroxyl groups excluding tert-OH is 1. The lowest BCUT2D eigenvalue weighted by Gasteiger charge is -2.26. The molecule has 1 heterocycles. The average molecular weight is 545 g/mol. The van der Waals surface area contributed by atoms with Gasteiger partial charge in [-0.3, -0.25) is 4.79 Å². The summed E-state index contributed by atoms with van der Waals surface area (Å²) in [5.74, 6) is -1.89. The maximum Gasteiger partial charge on any atom is 0.315 e. The number of benzene rings is 2. The number of hydrogen-bond donors (Lipinski definition) is 5. The lowest BCUT2D eigenvalue weighted by molar-refractivity contribution is -0.123. The van der Waals surface area contributed by atoms with Gasteiger partial charge in [0, 0.05) is 26.2 Å². The van der Waals surface area contributed by atoms with E-state index in [1.54, 1.807) is 0 Å². The minimum atomic E-state index is -1.05. The molecule has 0 aliphatic rings. The Morgan fingerprint density at radius 3 is 2.39 bits per heavy atom. The molecule has 3 atom stereocenters. The van der Waals surface area contributed by atoms with Crippen molar-refractivity contribution < 1.29 is 23.5 Å². The predicted molar refractivity (Wildman–Crippen MR) is 145 cm³/mol. The molecule has 3 aromatic rings. The molecule has 3 rings (SSSR count). The molecule has 1 aromatic heterocycles. The highest BCUT2D eigenvalue weighted by Gasteiger charge is 2.25. The van der Waals surface area contributed by atoms with Crippen molar-refractivity contribution in [2.24, 2.45) is 0 Å². The molecule has 10 heteroatoms. The SMILES string of the molecule is CCc1cccc(CNC[C@@H](O)[C@H](Cc2cc(F)cc(F)c2)NC(=O)CC(NC(=O)NC)c2ccsc2)c1. The Kier molecular flexibility index (Phi) is 11.2. The highest BCUT2D eigenvalue weighted by molar-refractivity contribution is 7.08. The van der Waals surface area contributed by atoms with Crippen LogP contribution in [0.5, 0.6) is 0 Å². The summed E-state index contributed by atoms with van der Waals surface area (Å²) < 4.78 is 27.7. The third-order valence-electron chi connectivity index (χ3n) is 6.14. The Morgan fingerprint density at radius 1 is 1.00 bits per heavy atom. The molecule has 2 aromatic carbocycles. The van der Waals surface area contributed by atoms with E-state index in [1.807, 2.05) is 35.0 Å². The molecule has 3 amide bonds. The average Bonchev–Trinajstić information content (AvgIpc) is 3.42. The van der Waals surface area contributed by atoms with Crippen LogP contribution in [0, 0.1) is 11.6 Å². The Balaban J connectivity index is 1.70. The summed E-state index contributed by atoms with van der Waals surface area (Å²) in [5.41, 5.74) is 3.34. The first-order valence-electron chi connectivity index (χ1n) is 12.5. The molecule has 0 bridgehead atoms. The van der Waals surface area contributed by atoms with Crippen molar-refractivity contribution in [3.8, 4) is 0 Å². The molecule has 1 unspecified atom stereocenters. The fourth-order valence-corrected chi connectivity index (χ4v) is 4.85. The predicted octanol–water partition coefficient (Wildman–Crippen LogP) is 3.83. The van der Waals surface area contributed by atoms with E-state index >= 15 is 0 Å². The normalized spacial score (nSPS) is 13.4. The van der Waals surface area contributed by atoms with Crippen LogP contribution in [0.25, 0.3) is 0 Å². The van der Waals surface area contributed by atoms with Crippen LogP contribution < -0.4 is 21.3 Å².